The Morgan fingerprint density at radius 3 is 2.46 bits per heavy atom. The molecule has 0 aliphatic rings. The quantitative estimate of drug-likeness (QED) is 0.404. The third kappa shape index (κ3) is 5.16. The molecule has 0 aromatic carbocycles. The van der Waals surface area contributed by atoms with E-state index in [0.29, 0.717) is 5.92 Å². The molecular formula is C9H20N2OS. The highest BCUT2D eigenvalue weighted by atomic mass is 32.2. The Balaban J connectivity index is 3.82. The van der Waals surface area contributed by atoms with Crippen LogP contribution in [0, 0.1) is 11.3 Å². The lowest BCUT2D eigenvalue weighted by Gasteiger charge is -2.21. The number of hydrogen-bond donors (Lipinski definition) is 2. The minimum absolute atomic E-state index is 0.0937. The molecule has 0 rings (SSSR count). The van der Waals surface area contributed by atoms with Gasteiger partial charge in [-0.15, -0.1) is 0 Å². The van der Waals surface area contributed by atoms with E-state index in [9.17, 15) is 4.79 Å². The summed E-state index contributed by atoms with van der Waals surface area (Å²) in [4.78, 5) is 11.3. The number of rotatable bonds is 5. The molecule has 0 aromatic heterocycles. The van der Waals surface area contributed by atoms with Crippen LogP contribution < -0.4 is 11.3 Å². The number of hydrogen-bond acceptors (Lipinski definition) is 3. The second-order valence-electron chi connectivity index (χ2n) is 4.27. The molecule has 0 saturated carbocycles. The molecule has 0 saturated heterocycles. The maximum absolute atomic E-state index is 11.3. The number of nitrogens with two attached hydrogens (primary N) is 1. The molecule has 3 nitrogen and oxygen atoms in total. The Kier molecular flexibility index (Phi) is 5.40. The molecule has 0 fully saturated rings. The minimum Gasteiger partial charge on any atom is -0.294 e. The molecule has 0 aliphatic carbocycles. The van der Waals surface area contributed by atoms with Gasteiger partial charge in [0.25, 0.3) is 0 Å². The van der Waals surface area contributed by atoms with Crippen molar-refractivity contribution in [3.8, 4) is 0 Å². The minimum atomic E-state index is -0.367. The Bertz CT molecular complexity index is 169. The summed E-state index contributed by atoms with van der Waals surface area (Å²) in [7, 11) is 0. The van der Waals surface area contributed by atoms with Crippen molar-refractivity contribution >= 4 is 17.7 Å². The molecule has 0 spiro atoms. The van der Waals surface area contributed by atoms with Crippen molar-refractivity contribution in [1.82, 2.24) is 5.43 Å². The third-order valence-corrected chi connectivity index (χ3v) is 3.49. The van der Waals surface area contributed by atoms with Crippen molar-refractivity contribution in [2.45, 2.75) is 27.7 Å². The number of hydrazine groups is 1. The fourth-order valence-electron chi connectivity index (χ4n) is 0.811. The van der Waals surface area contributed by atoms with Crippen LogP contribution in [0.25, 0.3) is 0 Å². The van der Waals surface area contributed by atoms with E-state index in [0.717, 1.165) is 11.5 Å². The number of thioether (sulfide) groups is 1. The molecule has 0 bridgehead atoms. The van der Waals surface area contributed by atoms with E-state index >= 15 is 0 Å². The van der Waals surface area contributed by atoms with E-state index in [1.54, 1.807) is 11.8 Å². The lowest BCUT2D eigenvalue weighted by atomic mass is 9.96. The first-order chi connectivity index (χ1) is 5.90. The zero-order valence-electron chi connectivity index (χ0n) is 8.89. The Morgan fingerprint density at radius 1 is 1.54 bits per heavy atom. The summed E-state index contributed by atoms with van der Waals surface area (Å²) in [5, 5.41) is 0. The lowest BCUT2D eigenvalue weighted by Crippen LogP contribution is -2.42. The molecule has 3 N–H and O–H groups in total. The van der Waals surface area contributed by atoms with Crippen LogP contribution in [0.1, 0.15) is 27.7 Å². The molecule has 0 aliphatic heterocycles. The average molecular weight is 204 g/mol. The lowest BCUT2D eigenvalue weighted by molar-refractivity contribution is -0.128. The number of nitrogens with one attached hydrogen (secondary N) is 1. The van der Waals surface area contributed by atoms with Crippen LogP contribution in [0.15, 0.2) is 0 Å². The molecule has 0 heterocycles. The SMILES string of the molecule is CC(C)CSCC(C)(C)C(=O)NN. The molecule has 0 radical (unpaired) electrons. The van der Waals surface area contributed by atoms with Crippen molar-refractivity contribution in [2.75, 3.05) is 11.5 Å². The van der Waals surface area contributed by atoms with Gasteiger partial charge in [0, 0.05) is 5.75 Å². The van der Waals surface area contributed by atoms with Gasteiger partial charge in [-0.05, 0) is 11.7 Å². The maximum atomic E-state index is 11.3. The highest BCUT2D eigenvalue weighted by Crippen LogP contribution is 2.22. The van der Waals surface area contributed by atoms with Crippen LogP contribution in [0.3, 0.4) is 0 Å². The molecule has 13 heavy (non-hydrogen) atoms. The first-order valence-corrected chi connectivity index (χ1v) is 5.64. The molecule has 1 amide bonds. The van der Waals surface area contributed by atoms with Crippen molar-refractivity contribution in [2.24, 2.45) is 17.2 Å². The first-order valence-electron chi connectivity index (χ1n) is 4.49. The number of carbonyl (C=O) groups is 1. The van der Waals surface area contributed by atoms with Crippen molar-refractivity contribution < 1.29 is 4.79 Å². The topological polar surface area (TPSA) is 55.1 Å². The predicted octanol–water partition coefficient (Wildman–Crippen LogP) is 1.39. The fourth-order valence-corrected chi connectivity index (χ4v) is 2.04. The smallest absolute Gasteiger partial charge is 0.240 e. The standard InChI is InChI=1S/C9H20N2OS/c1-7(2)5-13-6-9(3,4)8(12)11-10/h7H,5-6,10H2,1-4H3,(H,11,12). The van der Waals surface area contributed by atoms with E-state index in [-0.39, 0.29) is 11.3 Å². The van der Waals surface area contributed by atoms with Gasteiger partial charge >= 0.3 is 0 Å². The molecule has 4 heteroatoms. The Hall–Kier alpha value is -0.220. The summed E-state index contributed by atoms with van der Waals surface area (Å²) in [6.07, 6.45) is 0. The Labute approximate surface area is 84.8 Å². The summed E-state index contributed by atoms with van der Waals surface area (Å²) in [6, 6.07) is 0. The maximum Gasteiger partial charge on any atom is 0.240 e. The van der Waals surface area contributed by atoms with Crippen LogP contribution in [0.4, 0.5) is 0 Å². The number of carbonyl (C=O) groups excluding carboxylic acids is 1. The monoisotopic (exact) mass is 204 g/mol. The molecule has 78 valence electrons. The van der Waals surface area contributed by atoms with E-state index < -0.39 is 0 Å². The highest BCUT2D eigenvalue weighted by Gasteiger charge is 2.26. The largest absolute Gasteiger partial charge is 0.294 e. The van der Waals surface area contributed by atoms with Gasteiger partial charge in [-0.25, -0.2) is 5.84 Å². The second kappa shape index (κ2) is 5.50. The van der Waals surface area contributed by atoms with Crippen molar-refractivity contribution in [3.05, 3.63) is 0 Å². The summed E-state index contributed by atoms with van der Waals surface area (Å²) < 4.78 is 0. The van der Waals surface area contributed by atoms with Crippen LogP contribution in [0.5, 0.6) is 0 Å². The van der Waals surface area contributed by atoms with Crippen LogP contribution in [0.2, 0.25) is 0 Å². The second-order valence-corrected chi connectivity index (χ2v) is 5.30. The first kappa shape index (κ1) is 12.8. The summed E-state index contributed by atoms with van der Waals surface area (Å²) in [5.41, 5.74) is 1.82. The van der Waals surface area contributed by atoms with Gasteiger partial charge in [-0.3, -0.25) is 10.2 Å². The van der Waals surface area contributed by atoms with Gasteiger partial charge < -0.3 is 0 Å². The van der Waals surface area contributed by atoms with Gasteiger partial charge in [0.15, 0.2) is 0 Å². The predicted molar refractivity (Wildman–Crippen MR) is 58.3 cm³/mol. The molecule has 0 atom stereocenters. The van der Waals surface area contributed by atoms with E-state index in [4.69, 9.17) is 5.84 Å². The zero-order valence-corrected chi connectivity index (χ0v) is 9.70. The van der Waals surface area contributed by atoms with Crippen LogP contribution in [-0.2, 0) is 4.79 Å². The molecular weight excluding hydrogens is 184 g/mol. The molecule has 0 aromatic rings. The van der Waals surface area contributed by atoms with Crippen LogP contribution in [-0.4, -0.2) is 17.4 Å². The summed E-state index contributed by atoms with van der Waals surface area (Å²) in [5.74, 6) is 7.55. The highest BCUT2D eigenvalue weighted by molar-refractivity contribution is 7.99. The van der Waals surface area contributed by atoms with Gasteiger partial charge in [0.1, 0.15) is 0 Å². The fraction of sp³-hybridized carbons (Fsp3) is 0.889. The third-order valence-electron chi connectivity index (χ3n) is 1.66. The Morgan fingerprint density at radius 2 is 2.08 bits per heavy atom. The zero-order chi connectivity index (χ0) is 10.5. The average Bonchev–Trinajstić information content (AvgIpc) is 2.01. The summed E-state index contributed by atoms with van der Waals surface area (Å²) in [6.45, 7) is 8.15. The van der Waals surface area contributed by atoms with Crippen LogP contribution >= 0.6 is 11.8 Å². The van der Waals surface area contributed by atoms with Gasteiger partial charge in [-0.2, -0.15) is 11.8 Å². The number of amides is 1. The van der Waals surface area contributed by atoms with E-state index in [2.05, 4.69) is 19.3 Å². The van der Waals surface area contributed by atoms with E-state index in [1.807, 2.05) is 13.8 Å². The molecule has 0 unspecified atom stereocenters. The van der Waals surface area contributed by atoms with Crippen molar-refractivity contribution in [3.63, 3.8) is 0 Å². The van der Waals surface area contributed by atoms with Crippen molar-refractivity contribution in [1.29, 1.82) is 0 Å². The van der Waals surface area contributed by atoms with Gasteiger partial charge in [0.05, 0.1) is 5.41 Å². The van der Waals surface area contributed by atoms with E-state index in [1.165, 1.54) is 0 Å². The van der Waals surface area contributed by atoms with Gasteiger partial charge in [0.2, 0.25) is 5.91 Å². The summed E-state index contributed by atoms with van der Waals surface area (Å²) >= 11 is 1.80. The normalized spacial score (nSPS) is 11.8. The van der Waals surface area contributed by atoms with Gasteiger partial charge in [-0.1, -0.05) is 27.7 Å².